The predicted molar refractivity (Wildman–Crippen MR) is 54.3 cm³/mol. The summed E-state index contributed by atoms with van der Waals surface area (Å²) in [5.41, 5.74) is 0.512. The summed E-state index contributed by atoms with van der Waals surface area (Å²) in [6, 6.07) is 0. The summed E-state index contributed by atoms with van der Waals surface area (Å²) < 4.78 is 0. The molecule has 0 aromatic heterocycles. The molecule has 0 N–H and O–H groups in total. The Morgan fingerprint density at radius 3 is 2.33 bits per heavy atom. The second-order valence-corrected chi connectivity index (χ2v) is 4.99. The van der Waals surface area contributed by atoms with Crippen molar-refractivity contribution in [3.63, 3.8) is 0 Å². The topological polar surface area (TPSA) is 3.24 Å². The molecule has 0 radical (unpaired) electrons. The highest BCUT2D eigenvalue weighted by molar-refractivity contribution is 5.07. The van der Waals surface area contributed by atoms with E-state index < -0.39 is 0 Å². The molecule has 70 valence electrons. The molecule has 1 heterocycles. The minimum absolute atomic E-state index is 0.234. The molecule has 1 atom stereocenters. The first-order valence-corrected chi connectivity index (χ1v) is 4.81. The molecule has 1 saturated heterocycles. The van der Waals surface area contributed by atoms with E-state index in [1.807, 2.05) is 0 Å². The summed E-state index contributed by atoms with van der Waals surface area (Å²) in [6.45, 7) is 14.3. The van der Waals surface area contributed by atoms with Crippen LogP contribution in [0, 0.1) is 0 Å². The van der Waals surface area contributed by atoms with Gasteiger partial charge in [-0.25, -0.2) is 0 Å². The van der Waals surface area contributed by atoms with Gasteiger partial charge < -0.3 is 0 Å². The molecule has 0 bridgehead atoms. The minimum Gasteiger partial charge on any atom is -0.290 e. The van der Waals surface area contributed by atoms with Crippen LogP contribution in [0.2, 0.25) is 0 Å². The summed E-state index contributed by atoms with van der Waals surface area (Å²) >= 11 is 0. The highest BCUT2D eigenvalue weighted by atomic mass is 15.3. The number of rotatable bonds is 1. The maximum absolute atomic E-state index is 3.94. The Hall–Kier alpha value is -0.300. The molecule has 1 aliphatic heterocycles. The van der Waals surface area contributed by atoms with Crippen LogP contribution in [-0.2, 0) is 0 Å². The normalized spacial score (nSPS) is 32.3. The predicted octanol–water partition coefficient (Wildman–Crippen LogP) is 2.83. The lowest BCUT2D eigenvalue weighted by atomic mass is 9.94. The fraction of sp³-hybridized carbons (Fsp3) is 0.818. The Kier molecular flexibility index (Phi) is 2.35. The second kappa shape index (κ2) is 2.88. The van der Waals surface area contributed by atoms with E-state index in [0.717, 1.165) is 0 Å². The molecule has 1 unspecified atom stereocenters. The third-order valence-corrected chi connectivity index (χ3v) is 2.93. The monoisotopic (exact) mass is 167 g/mol. The second-order valence-electron chi connectivity index (χ2n) is 4.99. The molecule has 1 aliphatic rings. The van der Waals surface area contributed by atoms with Crippen molar-refractivity contribution in [3.8, 4) is 0 Å². The molecular formula is C11H21N. The van der Waals surface area contributed by atoms with E-state index in [0.29, 0.717) is 0 Å². The highest BCUT2D eigenvalue weighted by Gasteiger charge is 2.39. The Bertz CT molecular complexity index is 178. The molecule has 0 amide bonds. The summed E-state index contributed by atoms with van der Waals surface area (Å²) in [4.78, 5) is 2.55. The van der Waals surface area contributed by atoms with Gasteiger partial charge in [0.25, 0.3) is 0 Å². The average Bonchev–Trinajstić information content (AvgIpc) is 2.31. The lowest BCUT2D eigenvalue weighted by molar-refractivity contribution is 0.0867. The largest absolute Gasteiger partial charge is 0.290 e. The molecule has 0 saturated carbocycles. The lowest BCUT2D eigenvalue weighted by Crippen LogP contribution is -2.50. The summed E-state index contributed by atoms with van der Waals surface area (Å²) in [6.07, 6.45) is 4.67. The van der Waals surface area contributed by atoms with Crippen molar-refractivity contribution in [1.29, 1.82) is 0 Å². The average molecular weight is 167 g/mol. The van der Waals surface area contributed by atoms with Crippen molar-refractivity contribution in [2.45, 2.75) is 51.6 Å². The molecule has 1 nitrogen and oxygen atoms in total. The molecular weight excluding hydrogens is 146 g/mol. The van der Waals surface area contributed by atoms with Crippen LogP contribution in [-0.4, -0.2) is 22.5 Å². The van der Waals surface area contributed by atoms with E-state index in [4.69, 9.17) is 0 Å². The minimum atomic E-state index is 0.234. The van der Waals surface area contributed by atoms with Gasteiger partial charge in [0.05, 0.1) is 0 Å². The van der Waals surface area contributed by atoms with Gasteiger partial charge in [-0.05, 0) is 47.1 Å². The van der Waals surface area contributed by atoms with Crippen LogP contribution < -0.4 is 0 Å². The fourth-order valence-electron chi connectivity index (χ4n) is 2.30. The van der Waals surface area contributed by atoms with E-state index in [1.165, 1.54) is 19.4 Å². The van der Waals surface area contributed by atoms with Crippen LogP contribution in [0.4, 0.5) is 0 Å². The van der Waals surface area contributed by atoms with Crippen LogP contribution in [0.15, 0.2) is 12.7 Å². The van der Waals surface area contributed by atoms with Gasteiger partial charge in [-0.1, -0.05) is 6.08 Å². The Morgan fingerprint density at radius 2 is 2.00 bits per heavy atom. The first kappa shape index (κ1) is 9.79. The molecule has 0 aromatic carbocycles. The molecule has 0 aliphatic carbocycles. The molecule has 12 heavy (non-hydrogen) atoms. The quantitative estimate of drug-likeness (QED) is 0.543. The smallest absolute Gasteiger partial charge is 0.0366 e. The van der Waals surface area contributed by atoms with Crippen LogP contribution in [0.5, 0.6) is 0 Å². The van der Waals surface area contributed by atoms with E-state index in [2.05, 4.69) is 45.2 Å². The third kappa shape index (κ3) is 1.56. The van der Waals surface area contributed by atoms with Crippen molar-refractivity contribution < 1.29 is 0 Å². The van der Waals surface area contributed by atoms with E-state index in [9.17, 15) is 0 Å². The van der Waals surface area contributed by atoms with E-state index >= 15 is 0 Å². The standard InChI is InChI=1S/C11H21N/c1-6-11(5)8-7-9-12(11)10(2,3)4/h6H,1,7-9H2,2-5H3. The first-order chi connectivity index (χ1) is 5.40. The third-order valence-electron chi connectivity index (χ3n) is 2.93. The highest BCUT2D eigenvalue weighted by Crippen LogP contribution is 2.35. The molecule has 1 heteroatoms. The summed E-state index contributed by atoms with van der Waals surface area (Å²) in [7, 11) is 0. The zero-order valence-electron chi connectivity index (χ0n) is 8.85. The van der Waals surface area contributed by atoms with Gasteiger partial charge in [0, 0.05) is 11.1 Å². The van der Waals surface area contributed by atoms with E-state index in [1.54, 1.807) is 0 Å². The van der Waals surface area contributed by atoms with Gasteiger partial charge in [-0.15, -0.1) is 6.58 Å². The lowest BCUT2D eigenvalue weighted by Gasteiger charge is -2.42. The summed E-state index contributed by atoms with van der Waals surface area (Å²) in [5.74, 6) is 0. The van der Waals surface area contributed by atoms with Crippen LogP contribution >= 0.6 is 0 Å². The van der Waals surface area contributed by atoms with Crippen molar-refractivity contribution in [2.24, 2.45) is 0 Å². The van der Waals surface area contributed by atoms with Crippen molar-refractivity contribution in [1.82, 2.24) is 4.90 Å². The Balaban J connectivity index is 2.84. The van der Waals surface area contributed by atoms with Crippen LogP contribution in [0.25, 0.3) is 0 Å². The van der Waals surface area contributed by atoms with E-state index in [-0.39, 0.29) is 11.1 Å². The van der Waals surface area contributed by atoms with Crippen molar-refractivity contribution >= 4 is 0 Å². The fourth-order valence-corrected chi connectivity index (χ4v) is 2.30. The zero-order chi connectivity index (χ0) is 9.41. The van der Waals surface area contributed by atoms with Gasteiger partial charge in [-0.3, -0.25) is 4.90 Å². The molecule has 1 fully saturated rings. The van der Waals surface area contributed by atoms with Crippen molar-refractivity contribution in [2.75, 3.05) is 6.54 Å². The Labute approximate surface area is 76.5 Å². The number of nitrogens with zero attached hydrogens (tertiary/aromatic N) is 1. The van der Waals surface area contributed by atoms with Gasteiger partial charge in [0.2, 0.25) is 0 Å². The number of hydrogen-bond donors (Lipinski definition) is 0. The maximum atomic E-state index is 3.94. The van der Waals surface area contributed by atoms with Gasteiger partial charge in [-0.2, -0.15) is 0 Å². The molecule has 0 aromatic rings. The SMILES string of the molecule is C=CC1(C)CCCN1C(C)(C)C. The maximum Gasteiger partial charge on any atom is 0.0366 e. The van der Waals surface area contributed by atoms with Crippen molar-refractivity contribution in [3.05, 3.63) is 12.7 Å². The molecule has 1 rings (SSSR count). The van der Waals surface area contributed by atoms with Gasteiger partial charge in [0.1, 0.15) is 0 Å². The van der Waals surface area contributed by atoms with Crippen LogP contribution in [0.3, 0.4) is 0 Å². The van der Waals surface area contributed by atoms with Gasteiger partial charge >= 0.3 is 0 Å². The Morgan fingerprint density at radius 1 is 1.42 bits per heavy atom. The molecule has 0 spiro atoms. The zero-order valence-corrected chi connectivity index (χ0v) is 8.85. The summed E-state index contributed by atoms with van der Waals surface area (Å²) in [5, 5.41) is 0. The number of hydrogen-bond acceptors (Lipinski definition) is 1. The first-order valence-electron chi connectivity index (χ1n) is 4.81. The van der Waals surface area contributed by atoms with Crippen LogP contribution in [0.1, 0.15) is 40.5 Å². The number of likely N-dealkylation sites (tertiary alicyclic amines) is 1. The van der Waals surface area contributed by atoms with Gasteiger partial charge in [0.15, 0.2) is 0 Å².